The molecule has 0 amide bonds. The largest absolute Gasteiger partial charge is 0.379 e. The average Bonchev–Trinajstić information content (AvgIpc) is 3.05. The summed E-state index contributed by atoms with van der Waals surface area (Å²) in [6, 6.07) is 9.39. The van der Waals surface area contributed by atoms with Crippen LogP contribution in [0.15, 0.2) is 41.4 Å². The van der Waals surface area contributed by atoms with Gasteiger partial charge in [-0.05, 0) is 61.8 Å². The third-order valence-corrected chi connectivity index (χ3v) is 5.54. The van der Waals surface area contributed by atoms with Crippen LogP contribution in [-0.4, -0.2) is 36.5 Å². The molecule has 0 saturated carbocycles. The van der Waals surface area contributed by atoms with Gasteiger partial charge in [-0.1, -0.05) is 11.6 Å². The lowest BCUT2D eigenvalue weighted by molar-refractivity contribution is -0.0382. The minimum Gasteiger partial charge on any atom is -0.379 e. The number of halogens is 1. The van der Waals surface area contributed by atoms with E-state index in [0.29, 0.717) is 35.4 Å². The van der Waals surface area contributed by atoms with Gasteiger partial charge < -0.3 is 9.74 Å². The Morgan fingerprint density at radius 3 is 2.80 bits per heavy atom. The van der Waals surface area contributed by atoms with Gasteiger partial charge in [-0.15, -0.1) is 11.3 Å². The number of carbonyl (C=O) groups excluding carboxylic acids is 1. The molecule has 6 heteroatoms. The lowest BCUT2D eigenvalue weighted by Gasteiger charge is -2.32. The van der Waals surface area contributed by atoms with Gasteiger partial charge in [0.05, 0.1) is 6.54 Å². The van der Waals surface area contributed by atoms with Crippen LogP contribution in [0.1, 0.15) is 29.2 Å². The maximum atomic E-state index is 11.4. The Hall–Kier alpha value is -1.78. The van der Waals surface area contributed by atoms with Crippen molar-refractivity contribution in [3.05, 3.63) is 56.9 Å². The van der Waals surface area contributed by atoms with Crippen molar-refractivity contribution in [1.29, 1.82) is 0 Å². The smallest absolute Gasteiger partial charge is 0.155 e. The average molecular weight is 377 g/mol. The van der Waals surface area contributed by atoms with Gasteiger partial charge in [-0.2, -0.15) is 0 Å². The highest BCUT2D eigenvalue weighted by Gasteiger charge is 2.27. The Balaban J connectivity index is 1.66. The molecule has 1 aromatic carbocycles. The lowest BCUT2D eigenvalue weighted by Crippen LogP contribution is -2.34. The third kappa shape index (κ3) is 4.65. The van der Waals surface area contributed by atoms with Gasteiger partial charge in [0.25, 0.3) is 0 Å². The van der Waals surface area contributed by atoms with E-state index in [-0.39, 0.29) is 0 Å². The SMILES string of the molecule is CN(C)Cc1csc(C2CCN(Oc3ccc(Cl)cc3)C(=C=O)C2)c1. The standard InChI is InChI=1S/C19H21ClN2O2S/c1-21(2)11-14-9-19(25-13-14)15-7-8-22(17(10-15)12-23)24-18-5-3-16(20)4-6-18/h3-6,9,13,15H,7-8,10-11H2,1-2H3. The molecule has 132 valence electrons. The molecule has 2 heterocycles. The van der Waals surface area contributed by atoms with Crippen LogP contribution in [0, 0.1) is 0 Å². The molecule has 3 rings (SSSR count). The molecule has 0 radical (unpaired) electrons. The first kappa shape index (κ1) is 18.0. The molecule has 1 atom stereocenters. The summed E-state index contributed by atoms with van der Waals surface area (Å²) in [6.07, 6.45) is 1.60. The van der Waals surface area contributed by atoms with E-state index >= 15 is 0 Å². The number of hydrogen-bond donors (Lipinski definition) is 0. The van der Waals surface area contributed by atoms with E-state index in [1.807, 2.05) is 0 Å². The Bertz CT molecular complexity index is 766. The van der Waals surface area contributed by atoms with E-state index < -0.39 is 0 Å². The molecular weight excluding hydrogens is 356 g/mol. The molecule has 0 bridgehead atoms. The van der Waals surface area contributed by atoms with Crippen LogP contribution in [0.25, 0.3) is 0 Å². The second-order valence-corrected chi connectivity index (χ2v) is 7.86. The summed E-state index contributed by atoms with van der Waals surface area (Å²) in [4.78, 5) is 20.7. The van der Waals surface area contributed by atoms with E-state index in [4.69, 9.17) is 16.4 Å². The van der Waals surface area contributed by atoms with Crippen molar-refractivity contribution in [2.24, 2.45) is 0 Å². The van der Waals surface area contributed by atoms with Crippen molar-refractivity contribution in [3.63, 3.8) is 0 Å². The summed E-state index contributed by atoms with van der Waals surface area (Å²) in [7, 11) is 4.13. The molecular formula is C19H21ClN2O2S. The van der Waals surface area contributed by atoms with E-state index in [9.17, 15) is 4.79 Å². The highest BCUT2D eigenvalue weighted by atomic mass is 35.5. The van der Waals surface area contributed by atoms with E-state index in [2.05, 4.69) is 36.4 Å². The van der Waals surface area contributed by atoms with Crippen LogP contribution in [0.2, 0.25) is 5.02 Å². The highest BCUT2D eigenvalue weighted by Crippen LogP contribution is 2.36. The summed E-state index contributed by atoms with van der Waals surface area (Å²) in [5, 5.41) is 4.51. The predicted molar refractivity (Wildman–Crippen MR) is 102 cm³/mol. The fourth-order valence-electron chi connectivity index (χ4n) is 2.96. The zero-order chi connectivity index (χ0) is 17.8. The molecule has 1 aromatic heterocycles. The van der Waals surface area contributed by atoms with Gasteiger partial charge in [-0.3, -0.25) is 0 Å². The van der Waals surface area contributed by atoms with E-state index in [1.165, 1.54) is 10.4 Å². The fraction of sp³-hybridized carbons (Fsp3) is 0.368. The van der Waals surface area contributed by atoms with Crippen LogP contribution >= 0.6 is 22.9 Å². The van der Waals surface area contributed by atoms with Crippen LogP contribution in [0.5, 0.6) is 5.75 Å². The Morgan fingerprint density at radius 1 is 1.36 bits per heavy atom. The first-order valence-electron chi connectivity index (χ1n) is 8.22. The Kier molecular flexibility index (Phi) is 5.82. The minimum atomic E-state index is 0.349. The molecule has 25 heavy (non-hydrogen) atoms. The highest BCUT2D eigenvalue weighted by molar-refractivity contribution is 7.10. The van der Waals surface area contributed by atoms with Gasteiger partial charge in [0, 0.05) is 28.8 Å². The van der Waals surface area contributed by atoms with Gasteiger partial charge in [0.15, 0.2) is 5.75 Å². The third-order valence-electron chi connectivity index (χ3n) is 4.14. The van der Waals surface area contributed by atoms with Crippen LogP contribution in [0.3, 0.4) is 0 Å². The maximum absolute atomic E-state index is 11.4. The van der Waals surface area contributed by atoms with E-state index in [0.717, 1.165) is 13.0 Å². The predicted octanol–water partition coefficient (Wildman–Crippen LogP) is 4.35. The van der Waals surface area contributed by atoms with Crippen molar-refractivity contribution < 1.29 is 9.63 Å². The normalized spacial score (nSPS) is 17.7. The number of hydroxylamine groups is 2. The number of hydrogen-bond acceptors (Lipinski definition) is 5. The molecule has 1 fully saturated rings. The summed E-state index contributed by atoms with van der Waals surface area (Å²) < 4.78 is 0. The number of nitrogens with zero attached hydrogens (tertiary/aromatic N) is 2. The Labute approximate surface area is 157 Å². The molecule has 1 aliphatic heterocycles. The van der Waals surface area contributed by atoms with Gasteiger partial charge in [0.2, 0.25) is 0 Å². The number of benzene rings is 1. The van der Waals surface area contributed by atoms with Crippen molar-refractivity contribution >= 4 is 28.9 Å². The Morgan fingerprint density at radius 2 is 2.12 bits per heavy atom. The zero-order valence-corrected chi connectivity index (χ0v) is 15.9. The number of rotatable bonds is 5. The first-order valence-corrected chi connectivity index (χ1v) is 9.48. The number of piperidine rings is 1. The molecule has 0 spiro atoms. The molecule has 0 aliphatic carbocycles. The fourth-order valence-corrected chi connectivity index (χ4v) is 4.13. The van der Waals surface area contributed by atoms with Crippen LogP contribution < -0.4 is 4.84 Å². The van der Waals surface area contributed by atoms with Crippen molar-refractivity contribution in [3.8, 4) is 5.75 Å². The monoisotopic (exact) mass is 376 g/mol. The number of allylic oxidation sites excluding steroid dienone is 1. The zero-order valence-electron chi connectivity index (χ0n) is 14.4. The van der Waals surface area contributed by atoms with Crippen molar-refractivity contribution in [1.82, 2.24) is 9.96 Å². The van der Waals surface area contributed by atoms with Gasteiger partial charge in [0.1, 0.15) is 11.6 Å². The molecule has 0 N–H and O–H groups in total. The molecule has 2 aromatic rings. The number of thiophene rings is 1. The first-order chi connectivity index (χ1) is 12.0. The minimum absolute atomic E-state index is 0.349. The summed E-state index contributed by atoms with van der Waals surface area (Å²) >= 11 is 7.67. The topological polar surface area (TPSA) is 32.8 Å². The molecule has 1 saturated heterocycles. The van der Waals surface area contributed by atoms with Gasteiger partial charge in [-0.25, -0.2) is 9.86 Å². The second-order valence-electron chi connectivity index (χ2n) is 6.48. The molecule has 1 unspecified atom stereocenters. The van der Waals surface area contributed by atoms with Crippen molar-refractivity contribution in [2.75, 3.05) is 20.6 Å². The molecule has 4 nitrogen and oxygen atoms in total. The molecule has 1 aliphatic rings. The summed E-state index contributed by atoms with van der Waals surface area (Å²) in [5.41, 5.74) is 1.88. The summed E-state index contributed by atoms with van der Waals surface area (Å²) in [5.74, 6) is 3.08. The van der Waals surface area contributed by atoms with Crippen molar-refractivity contribution in [2.45, 2.75) is 25.3 Å². The maximum Gasteiger partial charge on any atom is 0.155 e. The summed E-state index contributed by atoms with van der Waals surface area (Å²) in [6.45, 7) is 1.60. The quantitative estimate of drug-likeness (QED) is 0.726. The second kappa shape index (κ2) is 8.07. The van der Waals surface area contributed by atoms with Gasteiger partial charge >= 0.3 is 0 Å². The lowest BCUT2D eigenvalue weighted by atomic mass is 9.94. The van der Waals surface area contributed by atoms with E-state index in [1.54, 1.807) is 40.7 Å². The van der Waals surface area contributed by atoms with Crippen LogP contribution in [-0.2, 0) is 11.3 Å². The van der Waals surface area contributed by atoms with Crippen LogP contribution in [0.4, 0.5) is 0 Å².